The summed E-state index contributed by atoms with van der Waals surface area (Å²) in [7, 11) is 3.03. The number of carbonyl (C=O) groups is 2. The molecule has 7 heteroatoms. The molecular formula is C19H19ClN2O4. The summed E-state index contributed by atoms with van der Waals surface area (Å²) in [5.74, 6) is 0.428. The van der Waals surface area contributed by atoms with Crippen LogP contribution in [0.15, 0.2) is 36.4 Å². The van der Waals surface area contributed by atoms with Crippen molar-refractivity contribution in [2.45, 2.75) is 18.9 Å². The predicted octanol–water partition coefficient (Wildman–Crippen LogP) is 3.50. The lowest BCUT2D eigenvalue weighted by molar-refractivity contribution is 0.0949. The van der Waals surface area contributed by atoms with Crippen molar-refractivity contribution in [3.05, 3.63) is 52.5 Å². The summed E-state index contributed by atoms with van der Waals surface area (Å²) in [6.45, 7) is 0. The van der Waals surface area contributed by atoms with Gasteiger partial charge in [-0.15, -0.1) is 0 Å². The third-order valence-electron chi connectivity index (χ3n) is 4.03. The van der Waals surface area contributed by atoms with E-state index in [2.05, 4.69) is 10.6 Å². The number of nitrogens with one attached hydrogen (secondary N) is 2. The summed E-state index contributed by atoms with van der Waals surface area (Å²) in [6.07, 6.45) is 1.97. The molecule has 0 heterocycles. The van der Waals surface area contributed by atoms with Crippen molar-refractivity contribution >= 4 is 29.1 Å². The van der Waals surface area contributed by atoms with Crippen molar-refractivity contribution in [3.8, 4) is 11.5 Å². The third kappa shape index (κ3) is 4.08. The number of benzene rings is 2. The van der Waals surface area contributed by atoms with Crippen LogP contribution in [0.5, 0.6) is 11.5 Å². The van der Waals surface area contributed by atoms with E-state index < -0.39 is 0 Å². The van der Waals surface area contributed by atoms with Gasteiger partial charge in [-0.05, 0) is 49.2 Å². The number of hydrogen-bond acceptors (Lipinski definition) is 4. The summed E-state index contributed by atoms with van der Waals surface area (Å²) >= 11 is 6.12. The van der Waals surface area contributed by atoms with Gasteiger partial charge in [-0.25, -0.2) is 0 Å². The molecule has 2 N–H and O–H groups in total. The second-order valence-electron chi connectivity index (χ2n) is 5.97. The molecule has 1 aliphatic carbocycles. The summed E-state index contributed by atoms with van der Waals surface area (Å²) in [5, 5.41) is 5.99. The fraction of sp³-hybridized carbons (Fsp3) is 0.263. The number of hydrogen-bond donors (Lipinski definition) is 2. The molecule has 3 rings (SSSR count). The van der Waals surface area contributed by atoms with Crippen molar-refractivity contribution in [2.24, 2.45) is 0 Å². The van der Waals surface area contributed by atoms with Crippen LogP contribution in [0, 0.1) is 0 Å². The quantitative estimate of drug-likeness (QED) is 0.811. The van der Waals surface area contributed by atoms with E-state index in [0.717, 1.165) is 12.8 Å². The lowest BCUT2D eigenvalue weighted by Crippen LogP contribution is -2.25. The molecular weight excluding hydrogens is 356 g/mol. The van der Waals surface area contributed by atoms with Gasteiger partial charge in [0.1, 0.15) is 0 Å². The third-order valence-corrected chi connectivity index (χ3v) is 4.36. The topological polar surface area (TPSA) is 76.7 Å². The minimum absolute atomic E-state index is 0.226. The molecule has 0 radical (unpaired) electrons. The Kier molecular flexibility index (Phi) is 5.32. The minimum Gasteiger partial charge on any atom is -0.493 e. The van der Waals surface area contributed by atoms with Gasteiger partial charge >= 0.3 is 0 Å². The Hall–Kier alpha value is -2.73. The second-order valence-corrected chi connectivity index (χ2v) is 6.37. The molecule has 2 aromatic carbocycles. The van der Waals surface area contributed by atoms with Crippen LogP contribution in [0.25, 0.3) is 0 Å². The molecule has 0 saturated heterocycles. The molecule has 2 aromatic rings. The zero-order chi connectivity index (χ0) is 18.7. The van der Waals surface area contributed by atoms with Crippen LogP contribution in [0.1, 0.15) is 33.6 Å². The first-order valence-electron chi connectivity index (χ1n) is 8.15. The first-order chi connectivity index (χ1) is 12.5. The van der Waals surface area contributed by atoms with E-state index in [4.69, 9.17) is 21.1 Å². The Labute approximate surface area is 156 Å². The van der Waals surface area contributed by atoms with Gasteiger partial charge in [-0.2, -0.15) is 0 Å². The zero-order valence-corrected chi connectivity index (χ0v) is 15.2. The average Bonchev–Trinajstić information content (AvgIpc) is 3.46. The highest BCUT2D eigenvalue weighted by Gasteiger charge is 2.25. The highest BCUT2D eigenvalue weighted by Crippen LogP contribution is 2.28. The molecule has 1 saturated carbocycles. The molecule has 0 unspecified atom stereocenters. The van der Waals surface area contributed by atoms with E-state index in [0.29, 0.717) is 33.3 Å². The number of carbonyl (C=O) groups excluding carboxylic acids is 2. The number of ether oxygens (including phenoxy) is 2. The molecule has 0 aromatic heterocycles. The summed E-state index contributed by atoms with van der Waals surface area (Å²) in [6, 6.07) is 9.91. The van der Waals surface area contributed by atoms with Crippen LogP contribution in [0.3, 0.4) is 0 Å². The summed E-state index contributed by atoms with van der Waals surface area (Å²) in [5.41, 5.74) is 1.22. The van der Waals surface area contributed by atoms with Gasteiger partial charge in [0.15, 0.2) is 11.5 Å². The van der Waals surface area contributed by atoms with E-state index in [1.54, 1.807) is 36.4 Å². The van der Waals surface area contributed by atoms with E-state index >= 15 is 0 Å². The van der Waals surface area contributed by atoms with E-state index in [1.165, 1.54) is 14.2 Å². The molecule has 0 spiro atoms. The lowest BCUT2D eigenvalue weighted by atomic mass is 10.1. The maximum Gasteiger partial charge on any atom is 0.255 e. The molecule has 1 aliphatic rings. The zero-order valence-electron chi connectivity index (χ0n) is 14.5. The lowest BCUT2D eigenvalue weighted by Gasteiger charge is -2.11. The van der Waals surface area contributed by atoms with Crippen LogP contribution < -0.4 is 20.1 Å². The van der Waals surface area contributed by atoms with Crippen molar-refractivity contribution in [2.75, 3.05) is 19.5 Å². The van der Waals surface area contributed by atoms with E-state index in [9.17, 15) is 9.59 Å². The van der Waals surface area contributed by atoms with Crippen molar-refractivity contribution < 1.29 is 19.1 Å². The molecule has 2 amide bonds. The Balaban J connectivity index is 1.77. The fourth-order valence-electron chi connectivity index (χ4n) is 2.45. The Morgan fingerprint density at radius 2 is 1.73 bits per heavy atom. The number of methoxy groups -OCH3 is 2. The first kappa shape index (κ1) is 18.1. The minimum atomic E-state index is -0.332. The number of amides is 2. The molecule has 0 aliphatic heterocycles. The SMILES string of the molecule is COc1ccc(C(=O)Nc2ccc(Cl)c(C(=O)NC3CC3)c2)cc1OC. The van der Waals surface area contributed by atoms with Crippen LogP contribution in [-0.2, 0) is 0 Å². The van der Waals surface area contributed by atoms with Crippen LogP contribution in [-0.4, -0.2) is 32.1 Å². The normalized spacial score (nSPS) is 13.0. The monoisotopic (exact) mass is 374 g/mol. The highest BCUT2D eigenvalue weighted by atomic mass is 35.5. The van der Waals surface area contributed by atoms with Crippen molar-refractivity contribution in [1.82, 2.24) is 5.32 Å². The van der Waals surface area contributed by atoms with Gasteiger partial charge in [-0.3, -0.25) is 9.59 Å². The number of rotatable bonds is 6. The van der Waals surface area contributed by atoms with Gasteiger partial charge in [0.25, 0.3) is 11.8 Å². The van der Waals surface area contributed by atoms with Crippen LogP contribution in [0.4, 0.5) is 5.69 Å². The predicted molar refractivity (Wildman–Crippen MR) is 99.4 cm³/mol. The van der Waals surface area contributed by atoms with E-state index in [-0.39, 0.29) is 17.9 Å². The van der Waals surface area contributed by atoms with Crippen molar-refractivity contribution in [1.29, 1.82) is 0 Å². The Morgan fingerprint density at radius 3 is 2.38 bits per heavy atom. The molecule has 0 bridgehead atoms. The van der Waals surface area contributed by atoms with Gasteiger partial charge < -0.3 is 20.1 Å². The Morgan fingerprint density at radius 1 is 1.00 bits per heavy atom. The molecule has 1 fully saturated rings. The first-order valence-corrected chi connectivity index (χ1v) is 8.53. The Bertz CT molecular complexity index is 849. The number of halogens is 1. The summed E-state index contributed by atoms with van der Waals surface area (Å²) < 4.78 is 10.4. The molecule has 26 heavy (non-hydrogen) atoms. The standard InChI is InChI=1S/C19H19ClN2O4/c1-25-16-8-3-11(9-17(16)26-2)18(23)22-13-6-7-15(20)14(10-13)19(24)21-12-4-5-12/h3,6-10,12H,4-5H2,1-2H3,(H,21,24)(H,22,23). The van der Waals surface area contributed by atoms with Crippen LogP contribution >= 0.6 is 11.6 Å². The molecule has 0 atom stereocenters. The molecule has 136 valence electrons. The summed E-state index contributed by atoms with van der Waals surface area (Å²) in [4.78, 5) is 24.7. The highest BCUT2D eigenvalue weighted by molar-refractivity contribution is 6.34. The van der Waals surface area contributed by atoms with Gasteiger partial charge in [0.05, 0.1) is 24.8 Å². The van der Waals surface area contributed by atoms with Gasteiger partial charge in [0.2, 0.25) is 0 Å². The van der Waals surface area contributed by atoms with Gasteiger partial charge in [-0.1, -0.05) is 11.6 Å². The maximum absolute atomic E-state index is 12.5. The molecule has 6 nitrogen and oxygen atoms in total. The van der Waals surface area contributed by atoms with Crippen LogP contribution in [0.2, 0.25) is 5.02 Å². The smallest absolute Gasteiger partial charge is 0.255 e. The second kappa shape index (κ2) is 7.66. The largest absolute Gasteiger partial charge is 0.493 e. The van der Waals surface area contributed by atoms with E-state index in [1.807, 2.05) is 0 Å². The number of anilines is 1. The van der Waals surface area contributed by atoms with Crippen molar-refractivity contribution in [3.63, 3.8) is 0 Å². The van der Waals surface area contributed by atoms with Gasteiger partial charge in [0, 0.05) is 17.3 Å². The average molecular weight is 375 g/mol. The fourth-order valence-corrected chi connectivity index (χ4v) is 2.65. The maximum atomic E-state index is 12.5.